The Kier molecular flexibility index (Phi) is 5.14. The van der Waals surface area contributed by atoms with E-state index in [1.165, 1.54) is 6.07 Å². The van der Waals surface area contributed by atoms with Crippen LogP contribution >= 0.6 is 0 Å². The van der Waals surface area contributed by atoms with Crippen molar-refractivity contribution in [2.24, 2.45) is 0 Å². The Hall–Kier alpha value is -4.04. The number of para-hydroxylation sites is 2. The second-order valence-corrected chi connectivity index (χ2v) is 9.67. The number of carbonyl (C=O) groups excluding carboxylic acids is 1. The molecule has 164 valence electrons. The molecule has 0 unspecified atom stereocenters. The fourth-order valence-corrected chi connectivity index (χ4v) is 4.34. The minimum atomic E-state index is -3.43. The fraction of sp³-hybridized carbons (Fsp3) is 0.0800. The van der Waals surface area contributed by atoms with E-state index in [9.17, 15) is 13.2 Å². The minimum absolute atomic E-state index is 0.0902. The average Bonchev–Trinajstić information content (AvgIpc) is 2.82. The topological polar surface area (TPSA) is 98.2 Å². The number of aromatic nitrogens is 2. The molecule has 2 heterocycles. The van der Waals surface area contributed by atoms with Gasteiger partial charge in [-0.25, -0.2) is 8.42 Å². The van der Waals surface area contributed by atoms with Crippen LogP contribution in [-0.4, -0.2) is 30.8 Å². The molecule has 4 aromatic rings. The van der Waals surface area contributed by atoms with Crippen LogP contribution in [0, 0.1) is 0 Å². The van der Waals surface area contributed by atoms with Gasteiger partial charge in [-0.15, -0.1) is 10.2 Å². The van der Waals surface area contributed by atoms with Crippen LogP contribution in [0.3, 0.4) is 0 Å². The number of nitrogens with zero attached hydrogens (tertiary/aromatic N) is 2. The Morgan fingerprint density at radius 2 is 1.52 bits per heavy atom. The number of hydrogen-bond acceptors (Lipinski definition) is 6. The predicted molar refractivity (Wildman–Crippen MR) is 124 cm³/mol. The summed E-state index contributed by atoms with van der Waals surface area (Å²) in [6.07, 6.45) is 1.08. The molecule has 0 bridgehead atoms. The summed E-state index contributed by atoms with van der Waals surface area (Å²) in [6, 6.07) is 25.2. The molecule has 0 aliphatic carbocycles. The van der Waals surface area contributed by atoms with E-state index in [0.717, 1.165) is 17.4 Å². The normalized spacial score (nSPS) is 12.9. The summed E-state index contributed by atoms with van der Waals surface area (Å²) in [4.78, 5) is 13.4. The van der Waals surface area contributed by atoms with Crippen molar-refractivity contribution in [1.29, 1.82) is 0 Å². The van der Waals surface area contributed by atoms with Crippen molar-refractivity contribution in [1.82, 2.24) is 10.2 Å². The molecule has 1 N–H and O–H groups in total. The third-order valence-corrected chi connectivity index (χ3v) is 6.37. The lowest BCUT2D eigenvalue weighted by atomic mass is 9.87. The molecule has 1 aliphatic rings. The fourth-order valence-electron chi connectivity index (χ4n) is 3.83. The zero-order valence-corrected chi connectivity index (χ0v) is 18.4. The van der Waals surface area contributed by atoms with E-state index in [1.807, 2.05) is 54.6 Å². The minimum Gasteiger partial charge on any atom is -0.457 e. The van der Waals surface area contributed by atoms with Crippen molar-refractivity contribution in [3.63, 3.8) is 0 Å². The average molecular weight is 458 g/mol. The summed E-state index contributed by atoms with van der Waals surface area (Å²) in [6.45, 7) is 0. The van der Waals surface area contributed by atoms with Crippen LogP contribution in [0.2, 0.25) is 0 Å². The summed E-state index contributed by atoms with van der Waals surface area (Å²) >= 11 is 0. The predicted octanol–water partition coefficient (Wildman–Crippen LogP) is 4.42. The summed E-state index contributed by atoms with van der Waals surface area (Å²) < 4.78 is 29.2. The number of fused-ring (bicyclic) bond motifs is 2. The lowest BCUT2D eigenvalue weighted by Crippen LogP contribution is -2.25. The van der Waals surface area contributed by atoms with E-state index in [1.54, 1.807) is 24.3 Å². The highest BCUT2D eigenvalue weighted by molar-refractivity contribution is 7.90. The van der Waals surface area contributed by atoms with Gasteiger partial charge in [-0.05, 0) is 36.4 Å². The number of hydrogen-bond donors (Lipinski definition) is 1. The molecular formula is C25H19N3O4S. The number of carbonyl (C=O) groups is 1. The maximum Gasteiger partial charge on any atom is 0.236 e. The highest BCUT2D eigenvalue weighted by atomic mass is 32.2. The van der Waals surface area contributed by atoms with Crippen LogP contribution < -0.4 is 10.1 Å². The van der Waals surface area contributed by atoms with E-state index >= 15 is 0 Å². The van der Waals surface area contributed by atoms with Gasteiger partial charge in [-0.3, -0.25) is 4.79 Å². The SMILES string of the molecule is CS(=O)(=O)c1ccc(-c2cccc(NC(=O)C3c4ccccc4Oc4ccccc43)c2)nn1. The van der Waals surface area contributed by atoms with E-state index in [0.29, 0.717) is 28.4 Å². The lowest BCUT2D eigenvalue weighted by Gasteiger charge is -2.27. The standard InChI is InChI=1S/C25H19N3O4S/c1-33(30,31)23-14-13-20(27-28-23)16-7-6-8-17(15-16)26-25(29)24-18-9-2-4-11-21(18)32-22-12-5-3-10-19(22)24/h2-15,24H,1H3,(H,26,29). The maximum absolute atomic E-state index is 13.4. The van der Waals surface area contributed by atoms with Gasteiger partial charge in [0.1, 0.15) is 11.5 Å². The van der Waals surface area contributed by atoms with E-state index < -0.39 is 15.8 Å². The Morgan fingerprint density at radius 3 is 2.12 bits per heavy atom. The number of ether oxygens (including phenoxy) is 1. The van der Waals surface area contributed by atoms with Crippen molar-refractivity contribution < 1.29 is 17.9 Å². The van der Waals surface area contributed by atoms with Gasteiger partial charge >= 0.3 is 0 Å². The Balaban J connectivity index is 1.45. The smallest absolute Gasteiger partial charge is 0.236 e. The van der Waals surface area contributed by atoms with Crippen LogP contribution in [0.5, 0.6) is 11.5 Å². The van der Waals surface area contributed by atoms with Gasteiger partial charge < -0.3 is 10.1 Å². The van der Waals surface area contributed by atoms with Crippen molar-refractivity contribution in [3.8, 4) is 22.8 Å². The summed E-state index contributed by atoms with van der Waals surface area (Å²) in [5.74, 6) is 0.607. The van der Waals surface area contributed by atoms with Gasteiger partial charge in [0.15, 0.2) is 14.9 Å². The second-order valence-electron chi connectivity index (χ2n) is 7.71. The first-order valence-electron chi connectivity index (χ1n) is 10.2. The number of nitrogens with one attached hydrogen (secondary N) is 1. The van der Waals surface area contributed by atoms with Crippen LogP contribution in [0.1, 0.15) is 17.0 Å². The monoisotopic (exact) mass is 457 g/mol. The Bertz CT molecular complexity index is 1420. The van der Waals surface area contributed by atoms with Crippen LogP contribution in [-0.2, 0) is 14.6 Å². The molecule has 0 atom stereocenters. The summed E-state index contributed by atoms with van der Waals surface area (Å²) in [7, 11) is -3.43. The third kappa shape index (κ3) is 4.08. The number of benzene rings is 3. The first-order chi connectivity index (χ1) is 15.9. The number of anilines is 1. The van der Waals surface area contributed by atoms with Crippen molar-refractivity contribution in [3.05, 3.63) is 96.1 Å². The first kappa shape index (κ1) is 20.8. The molecule has 1 amide bonds. The molecule has 8 heteroatoms. The van der Waals surface area contributed by atoms with Crippen molar-refractivity contribution in [2.45, 2.75) is 10.9 Å². The third-order valence-electron chi connectivity index (χ3n) is 5.39. The van der Waals surface area contributed by atoms with Gasteiger partial charge in [-0.2, -0.15) is 0 Å². The Morgan fingerprint density at radius 1 is 0.848 bits per heavy atom. The van der Waals surface area contributed by atoms with E-state index in [-0.39, 0.29) is 10.9 Å². The van der Waals surface area contributed by atoms with Gasteiger partial charge in [0.25, 0.3) is 0 Å². The molecule has 7 nitrogen and oxygen atoms in total. The molecule has 1 aliphatic heterocycles. The summed E-state index contributed by atoms with van der Waals surface area (Å²) in [5, 5.41) is 10.7. The molecule has 33 heavy (non-hydrogen) atoms. The van der Waals surface area contributed by atoms with Crippen molar-refractivity contribution >= 4 is 21.4 Å². The van der Waals surface area contributed by atoms with Gasteiger partial charge in [-0.1, -0.05) is 48.5 Å². The molecular weight excluding hydrogens is 438 g/mol. The largest absolute Gasteiger partial charge is 0.457 e. The molecule has 0 spiro atoms. The Labute approximate surface area is 191 Å². The maximum atomic E-state index is 13.4. The molecule has 3 aromatic carbocycles. The lowest BCUT2D eigenvalue weighted by molar-refractivity contribution is -0.116. The highest BCUT2D eigenvalue weighted by Crippen LogP contribution is 2.44. The zero-order chi connectivity index (χ0) is 23.0. The highest BCUT2D eigenvalue weighted by Gasteiger charge is 2.32. The summed E-state index contributed by atoms with van der Waals surface area (Å²) in [5.41, 5.74) is 3.39. The number of rotatable bonds is 4. The molecule has 0 fully saturated rings. The second kappa shape index (κ2) is 8.14. The number of sulfone groups is 1. The molecule has 0 saturated heterocycles. The van der Waals surface area contributed by atoms with Gasteiger partial charge in [0.05, 0.1) is 11.6 Å². The molecule has 0 saturated carbocycles. The molecule has 5 rings (SSSR count). The quantitative estimate of drug-likeness (QED) is 0.487. The van der Waals surface area contributed by atoms with Crippen LogP contribution in [0.4, 0.5) is 5.69 Å². The number of amides is 1. The van der Waals surface area contributed by atoms with Crippen LogP contribution in [0.25, 0.3) is 11.3 Å². The first-order valence-corrected chi connectivity index (χ1v) is 12.1. The van der Waals surface area contributed by atoms with E-state index in [2.05, 4.69) is 15.5 Å². The van der Waals surface area contributed by atoms with Gasteiger partial charge in [0, 0.05) is 28.6 Å². The molecule has 1 aromatic heterocycles. The zero-order valence-electron chi connectivity index (χ0n) is 17.6. The van der Waals surface area contributed by atoms with Crippen LogP contribution in [0.15, 0.2) is 90.0 Å². The van der Waals surface area contributed by atoms with Crippen molar-refractivity contribution in [2.75, 3.05) is 11.6 Å². The van der Waals surface area contributed by atoms with Gasteiger partial charge in [0.2, 0.25) is 5.91 Å². The van der Waals surface area contributed by atoms with E-state index in [4.69, 9.17) is 4.74 Å². The molecule has 0 radical (unpaired) electrons.